The van der Waals surface area contributed by atoms with E-state index >= 15 is 0 Å². The number of anilines is 1. The summed E-state index contributed by atoms with van der Waals surface area (Å²) in [5.74, 6) is -6.76. The van der Waals surface area contributed by atoms with E-state index in [1.807, 2.05) is 0 Å². The van der Waals surface area contributed by atoms with E-state index in [1.165, 1.54) is 19.9 Å². The Morgan fingerprint density at radius 1 is 1.38 bits per heavy atom. The van der Waals surface area contributed by atoms with Gasteiger partial charge in [0.05, 0.1) is 12.2 Å². The Kier molecular flexibility index (Phi) is 8.35. The molecular formula is C21H24ClF3N8O4. The second-order valence-corrected chi connectivity index (χ2v) is 9.05. The molecule has 1 aliphatic carbocycles. The van der Waals surface area contributed by atoms with Crippen LogP contribution in [0.3, 0.4) is 0 Å². The first-order chi connectivity index (χ1) is 17.3. The van der Waals surface area contributed by atoms with Gasteiger partial charge in [-0.25, -0.2) is 13.9 Å². The van der Waals surface area contributed by atoms with E-state index in [4.69, 9.17) is 22.2 Å². The molecule has 1 aliphatic rings. The van der Waals surface area contributed by atoms with E-state index < -0.39 is 71.5 Å². The van der Waals surface area contributed by atoms with E-state index in [-0.39, 0.29) is 29.3 Å². The minimum absolute atomic E-state index is 0.00806. The summed E-state index contributed by atoms with van der Waals surface area (Å²) in [5.41, 5.74) is -1.93. The number of aromatic nitrogens is 4. The van der Waals surface area contributed by atoms with Crippen LogP contribution in [-0.4, -0.2) is 60.4 Å². The van der Waals surface area contributed by atoms with Crippen LogP contribution < -0.4 is 16.2 Å². The fourth-order valence-corrected chi connectivity index (χ4v) is 4.09. The molecule has 12 nitrogen and oxygen atoms in total. The van der Waals surface area contributed by atoms with Gasteiger partial charge in [-0.15, -0.1) is 5.10 Å². The Morgan fingerprint density at radius 3 is 2.65 bits per heavy atom. The van der Waals surface area contributed by atoms with Crippen LogP contribution in [0.5, 0.6) is 0 Å². The van der Waals surface area contributed by atoms with E-state index in [9.17, 15) is 27.6 Å². The third kappa shape index (κ3) is 6.53. The van der Waals surface area contributed by atoms with Crippen molar-refractivity contribution in [2.45, 2.75) is 57.5 Å². The van der Waals surface area contributed by atoms with Gasteiger partial charge < -0.3 is 15.8 Å². The summed E-state index contributed by atoms with van der Waals surface area (Å²) in [6.45, 7) is 2.71. The van der Waals surface area contributed by atoms with Crippen LogP contribution in [0.2, 0.25) is 5.15 Å². The lowest BCUT2D eigenvalue weighted by Gasteiger charge is -2.33. The number of rotatable bonds is 8. The van der Waals surface area contributed by atoms with Gasteiger partial charge >= 0.3 is 0 Å². The molecule has 16 heteroatoms. The zero-order valence-corrected chi connectivity index (χ0v) is 20.4. The number of hydrogen-bond acceptors (Lipinski definition) is 8. The van der Waals surface area contributed by atoms with Gasteiger partial charge in [0.1, 0.15) is 28.3 Å². The molecule has 2 aromatic rings. The highest BCUT2D eigenvalue weighted by atomic mass is 35.5. The molecular weight excluding hydrogens is 521 g/mol. The molecule has 0 radical (unpaired) electrons. The number of hydrogen-bond donors (Lipinski definition) is 5. The monoisotopic (exact) mass is 544 g/mol. The van der Waals surface area contributed by atoms with Gasteiger partial charge in [-0.05, 0) is 38.7 Å². The number of nitrogens with zero attached hydrogens (tertiary/aromatic N) is 4. The number of alkyl halides is 2. The molecule has 5 N–H and O–H groups in total. The lowest BCUT2D eigenvalue weighted by Crippen LogP contribution is -2.52. The maximum atomic E-state index is 14.6. The number of nitrogens with one attached hydrogen (secondary N) is 4. The van der Waals surface area contributed by atoms with Crippen molar-refractivity contribution in [3.8, 4) is 0 Å². The number of H-pyrrole nitrogens is 1. The Balaban J connectivity index is 1.84. The second-order valence-electron chi connectivity index (χ2n) is 8.66. The van der Waals surface area contributed by atoms with Crippen LogP contribution in [0.15, 0.2) is 22.2 Å². The van der Waals surface area contributed by atoms with Gasteiger partial charge in [-0.3, -0.25) is 24.5 Å². The number of oxime groups is 1. The predicted octanol–water partition coefficient (Wildman–Crippen LogP) is 2.49. The fraction of sp³-hybridized carbons (Fsp3) is 0.476. The van der Waals surface area contributed by atoms with Crippen molar-refractivity contribution in [2.75, 3.05) is 5.32 Å². The topological polar surface area (TPSA) is 178 Å². The Labute approximate surface area is 212 Å². The number of halogens is 4. The second kappa shape index (κ2) is 11.1. The maximum Gasteiger partial charge on any atom is 0.271 e. The van der Waals surface area contributed by atoms with Gasteiger partial charge in [0, 0.05) is 18.4 Å². The van der Waals surface area contributed by atoms with Crippen molar-refractivity contribution in [2.24, 2.45) is 11.1 Å². The van der Waals surface area contributed by atoms with Crippen LogP contribution in [0, 0.1) is 17.3 Å². The molecule has 2 heterocycles. The average molecular weight is 545 g/mol. The zero-order valence-electron chi connectivity index (χ0n) is 19.7. The van der Waals surface area contributed by atoms with Gasteiger partial charge in [-0.1, -0.05) is 16.8 Å². The minimum Gasteiger partial charge on any atom is -0.411 e. The molecule has 0 saturated heterocycles. The largest absolute Gasteiger partial charge is 0.411 e. The highest BCUT2D eigenvalue weighted by Crippen LogP contribution is 2.37. The van der Waals surface area contributed by atoms with Crippen molar-refractivity contribution >= 4 is 40.5 Å². The molecule has 3 rings (SSSR count). The Hall–Kier alpha value is -3.75. The fourth-order valence-electron chi connectivity index (χ4n) is 3.93. The minimum atomic E-state index is -2.91. The number of carbonyl (C=O) groups excluding carboxylic acids is 2. The van der Waals surface area contributed by atoms with E-state index in [1.54, 1.807) is 0 Å². The number of carbonyl (C=O) groups is 2. The van der Waals surface area contributed by atoms with Crippen molar-refractivity contribution in [1.82, 2.24) is 25.3 Å². The normalized spacial score (nSPS) is 17.6. The molecule has 1 fully saturated rings. The van der Waals surface area contributed by atoms with Crippen molar-refractivity contribution in [1.29, 1.82) is 5.41 Å². The lowest BCUT2D eigenvalue weighted by atomic mass is 9.81. The summed E-state index contributed by atoms with van der Waals surface area (Å²) in [5, 5.41) is 33.4. The summed E-state index contributed by atoms with van der Waals surface area (Å²) in [4.78, 5) is 37.7. The van der Waals surface area contributed by atoms with E-state index in [0.717, 1.165) is 10.9 Å². The van der Waals surface area contributed by atoms with Crippen molar-refractivity contribution in [3.63, 3.8) is 0 Å². The van der Waals surface area contributed by atoms with Crippen molar-refractivity contribution < 1.29 is 28.0 Å². The summed E-state index contributed by atoms with van der Waals surface area (Å²) >= 11 is 5.81. The quantitative estimate of drug-likeness (QED) is 0.193. The summed E-state index contributed by atoms with van der Waals surface area (Å²) in [6, 6.07) is -0.945. The molecule has 0 aliphatic heterocycles. The molecule has 37 heavy (non-hydrogen) atoms. The van der Waals surface area contributed by atoms with Gasteiger partial charge in [0.2, 0.25) is 11.8 Å². The molecule has 200 valence electrons. The highest BCUT2D eigenvalue weighted by molar-refractivity contribution is 6.65. The number of amides is 2. The molecule has 2 amide bonds. The molecule has 0 bridgehead atoms. The molecule has 2 aromatic heterocycles. The highest BCUT2D eigenvalue weighted by Gasteiger charge is 2.41. The number of aromatic amines is 1. The van der Waals surface area contributed by atoms with Crippen molar-refractivity contribution in [3.05, 3.63) is 39.3 Å². The summed E-state index contributed by atoms with van der Waals surface area (Å²) < 4.78 is 43.1. The van der Waals surface area contributed by atoms with Gasteiger partial charge in [0.25, 0.3) is 17.4 Å². The molecule has 1 saturated carbocycles. The van der Waals surface area contributed by atoms with Crippen LogP contribution in [-0.2, 0) is 9.59 Å². The standard InChI is InChI=1S/C21H24ClF3N8O4/c1-9(32-37)15(26)19(35)28-16(11-3-5-21(24,25)6-4-11)20(36)27-13-8-33(31-17(13)23)10(2)12-7-14(22)29-30-18(12)34/h7-8,10-11,16,26,37H,3-6H2,1-2H3,(H,27,36)(H,28,35)(H,30,34)/b26-15?,32-9-/t10-,16+/m1/s1. The summed E-state index contributed by atoms with van der Waals surface area (Å²) in [6.07, 6.45) is -0.145. The Bertz CT molecular complexity index is 1280. The van der Waals surface area contributed by atoms with Crippen LogP contribution in [0.4, 0.5) is 18.9 Å². The van der Waals surface area contributed by atoms with Crippen LogP contribution in [0.1, 0.15) is 51.1 Å². The molecule has 0 aromatic carbocycles. The van der Waals surface area contributed by atoms with Crippen LogP contribution >= 0.6 is 11.6 Å². The van der Waals surface area contributed by atoms with E-state index in [0.29, 0.717) is 0 Å². The first kappa shape index (κ1) is 27.8. The molecule has 0 unspecified atom stereocenters. The zero-order chi connectivity index (χ0) is 27.5. The average Bonchev–Trinajstić information content (AvgIpc) is 3.22. The lowest BCUT2D eigenvalue weighted by molar-refractivity contribution is -0.126. The van der Waals surface area contributed by atoms with E-state index in [2.05, 4.69) is 31.1 Å². The summed E-state index contributed by atoms with van der Waals surface area (Å²) in [7, 11) is 0. The first-order valence-electron chi connectivity index (χ1n) is 11.1. The van der Waals surface area contributed by atoms with Crippen LogP contribution in [0.25, 0.3) is 0 Å². The third-order valence-corrected chi connectivity index (χ3v) is 6.33. The first-order valence-corrected chi connectivity index (χ1v) is 11.5. The SMILES string of the molecule is C/C(=N/O)C(=N)C(=O)N[C@H](C(=O)Nc1cn([C@H](C)c2cc(Cl)n[nH]c2=O)nc1F)C1CCC(F)(F)CC1. The Morgan fingerprint density at radius 2 is 2.03 bits per heavy atom. The van der Waals surface area contributed by atoms with Gasteiger partial charge in [-0.2, -0.15) is 9.49 Å². The third-order valence-electron chi connectivity index (χ3n) is 6.13. The smallest absolute Gasteiger partial charge is 0.271 e. The maximum absolute atomic E-state index is 14.6. The molecule has 2 atom stereocenters. The predicted molar refractivity (Wildman–Crippen MR) is 126 cm³/mol. The molecule has 0 spiro atoms. The van der Waals surface area contributed by atoms with Gasteiger partial charge in [0.15, 0.2) is 0 Å².